The number of ether oxygens (including phenoxy) is 3. The quantitative estimate of drug-likeness (QED) is 0.653. The topological polar surface area (TPSA) is 73.9 Å². The Kier molecular flexibility index (Phi) is 7.88. The molecule has 0 aliphatic carbocycles. The van der Waals surface area contributed by atoms with Crippen LogP contribution in [0.15, 0.2) is 42.5 Å². The zero-order chi connectivity index (χ0) is 19.6. The van der Waals surface area contributed by atoms with Gasteiger partial charge in [0.05, 0.1) is 12.3 Å². The molecule has 0 unspecified atom stereocenters. The van der Waals surface area contributed by atoms with Crippen molar-refractivity contribution in [1.29, 1.82) is 0 Å². The van der Waals surface area contributed by atoms with E-state index in [0.29, 0.717) is 18.1 Å². The third-order valence-electron chi connectivity index (χ3n) is 3.23. The standard InChI is InChI=1S/C19H19ClFNO5/c1-2-9-25-16-5-3-4-6-17(16)26-12-19(24)27-11-18(23)22-15-8-7-13(20)10-14(15)21/h3-8,10H,2,9,11-12H2,1H3,(H,22,23). The van der Waals surface area contributed by atoms with Crippen molar-refractivity contribution < 1.29 is 28.2 Å². The van der Waals surface area contributed by atoms with Crippen LogP contribution in [-0.2, 0) is 14.3 Å². The van der Waals surface area contributed by atoms with Crippen LogP contribution >= 0.6 is 11.6 Å². The number of para-hydroxylation sites is 2. The Labute approximate surface area is 161 Å². The fourth-order valence-corrected chi connectivity index (χ4v) is 2.16. The monoisotopic (exact) mass is 395 g/mol. The molecule has 2 rings (SSSR count). The minimum Gasteiger partial charge on any atom is -0.490 e. The lowest BCUT2D eigenvalue weighted by Gasteiger charge is -2.12. The van der Waals surface area contributed by atoms with Gasteiger partial charge in [0.1, 0.15) is 5.82 Å². The van der Waals surface area contributed by atoms with Crippen molar-refractivity contribution in [3.8, 4) is 11.5 Å². The van der Waals surface area contributed by atoms with Crippen LogP contribution in [0.25, 0.3) is 0 Å². The molecule has 1 N–H and O–H groups in total. The van der Waals surface area contributed by atoms with Gasteiger partial charge in [0, 0.05) is 5.02 Å². The molecule has 0 bridgehead atoms. The van der Waals surface area contributed by atoms with Crippen molar-refractivity contribution in [1.82, 2.24) is 0 Å². The van der Waals surface area contributed by atoms with Crippen molar-refractivity contribution in [2.75, 3.05) is 25.1 Å². The van der Waals surface area contributed by atoms with Crippen molar-refractivity contribution in [2.45, 2.75) is 13.3 Å². The third kappa shape index (κ3) is 6.79. The van der Waals surface area contributed by atoms with Crippen LogP contribution in [0.1, 0.15) is 13.3 Å². The summed E-state index contributed by atoms with van der Waals surface area (Å²) in [6, 6.07) is 10.7. The summed E-state index contributed by atoms with van der Waals surface area (Å²) in [4.78, 5) is 23.5. The van der Waals surface area contributed by atoms with Crippen molar-refractivity contribution in [3.05, 3.63) is 53.3 Å². The summed E-state index contributed by atoms with van der Waals surface area (Å²) in [7, 11) is 0. The lowest BCUT2D eigenvalue weighted by molar-refractivity contribution is -0.149. The highest BCUT2D eigenvalue weighted by Crippen LogP contribution is 2.26. The van der Waals surface area contributed by atoms with Gasteiger partial charge in [0.2, 0.25) is 0 Å². The predicted molar refractivity (Wildman–Crippen MR) is 98.7 cm³/mol. The van der Waals surface area contributed by atoms with Gasteiger partial charge in [-0.25, -0.2) is 9.18 Å². The molecule has 2 aromatic rings. The lowest BCUT2D eigenvalue weighted by atomic mass is 10.3. The largest absolute Gasteiger partial charge is 0.490 e. The summed E-state index contributed by atoms with van der Waals surface area (Å²) in [6.45, 7) is 1.53. The van der Waals surface area contributed by atoms with E-state index in [1.165, 1.54) is 12.1 Å². The first kappa shape index (κ1) is 20.5. The molecule has 0 fully saturated rings. The van der Waals surface area contributed by atoms with E-state index in [1.807, 2.05) is 6.92 Å². The van der Waals surface area contributed by atoms with Gasteiger partial charge in [-0.3, -0.25) is 4.79 Å². The number of nitrogens with one attached hydrogen (secondary N) is 1. The van der Waals surface area contributed by atoms with Gasteiger partial charge in [0.25, 0.3) is 5.91 Å². The molecule has 27 heavy (non-hydrogen) atoms. The second kappa shape index (κ2) is 10.4. The molecule has 0 aromatic heterocycles. The smallest absolute Gasteiger partial charge is 0.344 e. The first-order chi connectivity index (χ1) is 13.0. The SMILES string of the molecule is CCCOc1ccccc1OCC(=O)OCC(=O)Nc1ccc(Cl)cc1F. The molecule has 0 aliphatic heterocycles. The van der Waals surface area contributed by atoms with E-state index in [9.17, 15) is 14.0 Å². The first-order valence-corrected chi connectivity index (χ1v) is 8.62. The Hall–Kier alpha value is -2.80. The van der Waals surface area contributed by atoms with Crippen molar-refractivity contribution >= 4 is 29.2 Å². The molecule has 144 valence electrons. The van der Waals surface area contributed by atoms with Gasteiger partial charge >= 0.3 is 5.97 Å². The van der Waals surface area contributed by atoms with Crippen LogP contribution in [0, 0.1) is 5.82 Å². The van der Waals surface area contributed by atoms with Crippen molar-refractivity contribution in [2.24, 2.45) is 0 Å². The van der Waals surface area contributed by atoms with Gasteiger partial charge in [-0.05, 0) is 36.8 Å². The average molecular weight is 396 g/mol. The van der Waals surface area contributed by atoms with Gasteiger partial charge in [0.15, 0.2) is 24.7 Å². The highest BCUT2D eigenvalue weighted by atomic mass is 35.5. The van der Waals surface area contributed by atoms with Crippen LogP contribution in [0.4, 0.5) is 10.1 Å². The number of hydrogen-bond acceptors (Lipinski definition) is 5. The van der Waals surface area contributed by atoms with Crippen LogP contribution in [0.3, 0.4) is 0 Å². The Morgan fingerprint density at radius 3 is 2.44 bits per heavy atom. The number of rotatable bonds is 9. The van der Waals surface area contributed by atoms with Crippen molar-refractivity contribution in [3.63, 3.8) is 0 Å². The van der Waals surface area contributed by atoms with E-state index in [-0.39, 0.29) is 10.7 Å². The molecular formula is C19H19ClFNO5. The van der Waals surface area contributed by atoms with Crippen LogP contribution in [-0.4, -0.2) is 31.7 Å². The molecule has 8 heteroatoms. The Morgan fingerprint density at radius 1 is 1.07 bits per heavy atom. The fourth-order valence-electron chi connectivity index (χ4n) is 2.00. The second-order valence-electron chi connectivity index (χ2n) is 5.42. The van der Waals surface area contributed by atoms with Gasteiger partial charge in [-0.15, -0.1) is 0 Å². The van der Waals surface area contributed by atoms with E-state index in [0.717, 1.165) is 12.5 Å². The first-order valence-electron chi connectivity index (χ1n) is 8.24. The molecule has 0 atom stereocenters. The third-order valence-corrected chi connectivity index (χ3v) is 3.46. The summed E-state index contributed by atoms with van der Waals surface area (Å²) in [5.41, 5.74) is -0.0568. The maximum absolute atomic E-state index is 13.6. The van der Waals surface area contributed by atoms with E-state index in [2.05, 4.69) is 5.32 Å². The highest BCUT2D eigenvalue weighted by molar-refractivity contribution is 6.30. The molecule has 0 aliphatic rings. The summed E-state index contributed by atoms with van der Waals surface area (Å²) in [5.74, 6) is -1.20. The molecule has 0 saturated carbocycles. The number of amides is 1. The van der Waals surface area contributed by atoms with E-state index < -0.39 is 30.9 Å². The Bertz CT molecular complexity index is 799. The predicted octanol–water partition coefficient (Wildman–Crippen LogP) is 3.83. The van der Waals surface area contributed by atoms with Gasteiger partial charge in [-0.2, -0.15) is 0 Å². The van der Waals surface area contributed by atoms with Gasteiger partial charge < -0.3 is 19.5 Å². The molecular weight excluding hydrogens is 377 g/mol. The number of carbonyl (C=O) groups is 2. The molecule has 0 saturated heterocycles. The lowest BCUT2D eigenvalue weighted by Crippen LogP contribution is -2.24. The van der Waals surface area contributed by atoms with E-state index in [1.54, 1.807) is 24.3 Å². The van der Waals surface area contributed by atoms with E-state index >= 15 is 0 Å². The number of hydrogen-bond donors (Lipinski definition) is 1. The zero-order valence-corrected chi connectivity index (χ0v) is 15.4. The normalized spacial score (nSPS) is 10.2. The van der Waals surface area contributed by atoms with E-state index in [4.69, 9.17) is 25.8 Å². The minimum absolute atomic E-state index is 0.0568. The maximum atomic E-state index is 13.6. The average Bonchev–Trinajstić information content (AvgIpc) is 2.66. The highest BCUT2D eigenvalue weighted by Gasteiger charge is 2.12. The summed E-state index contributed by atoms with van der Waals surface area (Å²) in [5, 5.41) is 2.49. The number of esters is 1. The number of carbonyl (C=O) groups excluding carboxylic acids is 2. The molecule has 2 aromatic carbocycles. The summed E-state index contributed by atoms with van der Waals surface area (Å²) >= 11 is 5.64. The number of halogens is 2. The summed E-state index contributed by atoms with van der Waals surface area (Å²) in [6.07, 6.45) is 0.833. The van der Waals surface area contributed by atoms with Crippen LogP contribution < -0.4 is 14.8 Å². The second-order valence-corrected chi connectivity index (χ2v) is 5.85. The van der Waals surface area contributed by atoms with Gasteiger partial charge in [-0.1, -0.05) is 30.7 Å². The molecule has 1 amide bonds. The Morgan fingerprint density at radius 2 is 1.78 bits per heavy atom. The zero-order valence-electron chi connectivity index (χ0n) is 14.7. The molecule has 0 spiro atoms. The fraction of sp³-hybridized carbons (Fsp3) is 0.263. The molecule has 6 nitrogen and oxygen atoms in total. The number of benzene rings is 2. The van der Waals surface area contributed by atoms with Crippen LogP contribution in [0.5, 0.6) is 11.5 Å². The Balaban J connectivity index is 1.78. The van der Waals surface area contributed by atoms with Crippen LogP contribution in [0.2, 0.25) is 5.02 Å². The molecule has 0 radical (unpaired) electrons. The number of anilines is 1. The summed E-state index contributed by atoms with van der Waals surface area (Å²) < 4.78 is 29.3. The minimum atomic E-state index is -0.743. The molecule has 0 heterocycles. The maximum Gasteiger partial charge on any atom is 0.344 e.